The Labute approximate surface area is 120 Å². The summed E-state index contributed by atoms with van der Waals surface area (Å²) in [7, 11) is -3.20. The minimum atomic E-state index is -3.20. The topological polar surface area (TPSA) is 77.9 Å². The molecular formula is C13H24N2O4S. The van der Waals surface area contributed by atoms with Crippen molar-refractivity contribution >= 4 is 16.0 Å². The van der Waals surface area contributed by atoms with E-state index in [1.54, 1.807) is 4.31 Å². The van der Waals surface area contributed by atoms with Gasteiger partial charge in [0.25, 0.3) is 0 Å². The normalized spacial score (nSPS) is 24.4. The van der Waals surface area contributed by atoms with E-state index >= 15 is 0 Å². The molecule has 1 aliphatic carbocycles. The van der Waals surface area contributed by atoms with E-state index in [-0.39, 0.29) is 11.8 Å². The van der Waals surface area contributed by atoms with Gasteiger partial charge in [0.1, 0.15) is 0 Å². The van der Waals surface area contributed by atoms with Gasteiger partial charge < -0.3 is 5.11 Å². The monoisotopic (exact) mass is 304 g/mol. The van der Waals surface area contributed by atoms with Gasteiger partial charge in [-0.3, -0.25) is 9.69 Å². The Morgan fingerprint density at radius 2 is 1.70 bits per heavy atom. The molecule has 6 nitrogen and oxygen atoms in total. The zero-order chi connectivity index (χ0) is 14.6. The first-order valence-electron chi connectivity index (χ1n) is 7.43. The average molecular weight is 304 g/mol. The largest absolute Gasteiger partial charge is 0.480 e. The molecule has 2 aliphatic rings. The van der Waals surface area contributed by atoms with Crippen LogP contribution >= 0.6 is 0 Å². The van der Waals surface area contributed by atoms with Crippen molar-refractivity contribution < 1.29 is 18.3 Å². The third-order valence-corrected chi connectivity index (χ3v) is 6.64. The van der Waals surface area contributed by atoms with Crippen LogP contribution in [0, 0.1) is 0 Å². The highest BCUT2D eigenvalue weighted by atomic mass is 32.2. The molecule has 0 aromatic rings. The van der Waals surface area contributed by atoms with Crippen molar-refractivity contribution in [2.45, 2.75) is 43.8 Å². The second-order valence-corrected chi connectivity index (χ2v) is 7.94. The molecule has 7 heteroatoms. The molecule has 2 fully saturated rings. The Kier molecular flexibility index (Phi) is 5.40. The van der Waals surface area contributed by atoms with Crippen LogP contribution in [0.1, 0.15) is 38.5 Å². The van der Waals surface area contributed by atoms with Gasteiger partial charge in [0.15, 0.2) is 0 Å². The fraction of sp³-hybridized carbons (Fsp3) is 0.923. The van der Waals surface area contributed by atoms with Crippen molar-refractivity contribution in [2.75, 3.05) is 32.7 Å². The molecule has 2 rings (SSSR count). The van der Waals surface area contributed by atoms with Crippen molar-refractivity contribution in [1.29, 1.82) is 0 Å². The van der Waals surface area contributed by atoms with E-state index in [1.807, 2.05) is 4.90 Å². The Hall–Kier alpha value is -0.660. The summed E-state index contributed by atoms with van der Waals surface area (Å²) in [5.41, 5.74) is 0. The molecule has 1 saturated heterocycles. The second kappa shape index (κ2) is 6.87. The maximum Gasteiger partial charge on any atom is 0.317 e. The van der Waals surface area contributed by atoms with Gasteiger partial charge >= 0.3 is 5.97 Å². The fourth-order valence-corrected chi connectivity index (χ4v) is 5.20. The van der Waals surface area contributed by atoms with Gasteiger partial charge in [-0.2, -0.15) is 0 Å². The van der Waals surface area contributed by atoms with Gasteiger partial charge in [0, 0.05) is 26.2 Å². The Morgan fingerprint density at radius 1 is 1.00 bits per heavy atom. The first kappa shape index (κ1) is 15.7. The molecule has 0 bridgehead atoms. The minimum Gasteiger partial charge on any atom is -0.480 e. The van der Waals surface area contributed by atoms with Crippen molar-refractivity contribution in [2.24, 2.45) is 0 Å². The number of carbonyl (C=O) groups is 1. The van der Waals surface area contributed by atoms with E-state index in [0.717, 1.165) is 32.1 Å². The van der Waals surface area contributed by atoms with Gasteiger partial charge in [-0.05, 0) is 19.3 Å². The third-order valence-electron chi connectivity index (χ3n) is 4.24. The van der Waals surface area contributed by atoms with Gasteiger partial charge in [-0.25, -0.2) is 12.7 Å². The summed E-state index contributed by atoms with van der Waals surface area (Å²) in [6.45, 7) is 2.11. The lowest BCUT2D eigenvalue weighted by Gasteiger charge is -2.28. The van der Waals surface area contributed by atoms with Crippen LogP contribution in [0.2, 0.25) is 0 Å². The summed E-state index contributed by atoms with van der Waals surface area (Å²) >= 11 is 0. The Morgan fingerprint density at radius 3 is 2.35 bits per heavy atom. The lowest BCUT2D eigenvalue weighted by molar-refractivity contribution is -0.138. The quantitative estimate of drug-likeness (QED) is 0.829. The number of hydrogen-bond donors (Lipinski definition) is 1. The van der Waals surface area contributed by atoms with E-state index in [0.29, 0.717) is 32.6 Å². The molecule has 116 valence electrons. The second-order valence-electron chi connectivity index (χ2n) is 5.73. The van der Waals surface area contributed by atoms with Crippen molar-refractivity contribution in [3.8, 4) is 0 Å². The number of hydrogen-bond acceptors (Lipinski definition) is 4. The van der Waals surface area contributed by atoms with E-state index in [2.05, 4.69) is 0 Å². The maximum atomic E-state index is 12.6. The highest BCUT2D eigenvalue weighted by Crippen LogP contribution is 2.26. The van der Waals surface area contributed by atoms with Crippen LogP contribution in [0.5, 0.6) is 0 Å². The average Bonchev–Trinajstić information content (AvgIpc) is 2.65. The number of rotatable bonds is 4. The molecule has 1 heterocycles. The predicted molar refractivity (Wildman–Crippen MR) is 76.1 cm³/mol. The number of carboxylic acid groups (broad SMARTS) is 1. The summed E-state index contributed by atoms with van der Waals surface area (Å²) in [5.74, 6) is -0.853. The number of aliphatic carboxylic acids is 1. The SMILES string of the molecule is O=C(O)CN1CCCN(S(=O)(=O)C2CCCCC2)CC1. The number of sulfonamides is 1. The summed E-state index contributed by atoms with van der Waals surface area (Å²) in [4.78, 5) is 12.6. The van der Waals surface area contributed by atoms with Crippen LogP contribution in [-0.2, 0) is 14.8 Å². The first-order chi connectivity index (χ1) is 9.50. The maximum absolute atomic E-state index is 12.6. The van der Waals surface area contributed by atoms with Gasteiger partial charge in [0.05, 0.1) is 11.8 Å². The summed E-state index contributed by atoms with van der Waals surface area (Å²) in [5, 5.41) is 8.59. The molecular weight excluding hydrogens is 280 g/mol. The third kappa shape index (κ3) is 3.93. The van der Waals surface area contributed by atoms with E-state index in [4.69, 9.17) is 5.11 Å². The number of carboxylic acids is 1. The van der Waals surface area contributed by atoms with Gasteiger partial charge in [-0.1, -0.05) is 19.3 Å². The Balaban J connectivity index is 1.96. The van der Waals surface area contributed by atoms with Gasteiger partial charge in [-0.15, -0.1) is 0 Å². The minimum absolute atomic E-state index is 0.00266. The van der Waals surface area contributed by atoms with Crippen LogP contribution in [0.25, 0.3) is 0 Å². The van der Waals surface area contributed by atoms with E-state index in [1.165, 1.54) is 0 Å². The molecule has 20 heavy (non-hydrogen) atoms. The molecule has 0 unspecified atom stereocenters. The van der Waals surface area contributed by atoms with Crippen LogP contribution in [0.15, 0.2) is 0 Å². The van der Waals surface area contributed by atoms with Crippen LogP contribution in [-0.4, -0.2) is 66.7 Å². The molecule has 0 amide bonds. The lowest BCUT2D eigenvalue weighted by atomic mass is 10.0. The number of nitrogens with zero attached hydrogens (tertiary/aromatic N) is 2. The summed E-state index contributed by atoms with van der Waals surface area (Å²) in [6, 6.07) is 0. The molecule has 0 aromatic carbocycles. The smallest absolute Gasteiger partial charge is 0.317 e. The standard InChI is InChI=1S/C13H24N2O4S/c16-13(17)11-14-7-4-8-15(10-9-14)20(18,19)12-5-2-1-3-6-12/h12H,1-11H2,(H,16,17). The summed E-state index contributed by atoms with van der Waals surface area (Å²) in [6.07, 6.45) is 5.40. The predicted octanol–water partition coefficient (Wildman–Crippen LogP) is 0.741. The summed E-state index contributed by atoms with van der Waals surface area (Å²) < 4.78 is 26.8. The van der Waals surface area contributed by atoms with Crippen LogP contribution in [0.4, 0.5) is 0 Å². The molecule has 0 atom stereocenters. The van der Waals surface area contributed by atoms with E-state index < -0.39 is 16.0 Å². The lowest BCUT2D eigenvalue weighted by Crippen LogP contribution is -2.42. The van der Waals surface area contributed by atoms with Crippen molar-refractivity contribution in [3.05, 3.63) is 0 Å². The van der Waals surface area contributed by atoms with Gasteiger partial charge in [0.2, 0.25) is 10.0 Å². The highest BCUT2D eigenvalue weighted by molar-refractivity contribution is 7.89. The molecule has 0 spiro atoms. The van der Waals surface area contributed by atoms with Crippen LogP contribution < -0.4 is 0 Å². The van der Waals surface area contributed by atoms with Crippen molar-refractivity contribution in [1.82, 2.24) is 9.21 Å². The van der Waals surface area contributed by atoms with E-state index in [9.17, 15) is 13.2 Å². The highest BCUT2D eigenvalue weighted by Gasteiger charge is 2.33. The molecule has 1 saturated carbocycles. The molecule has 1 aliphatic heterocycles. The Bertz CT molecular complexity index is 432. The van der Waals surface area contributed by atoms with Crippen LogP contribution in [0.3, 0.4) is 0 Å². The first-order valence-corrected chi connectivity index (χ1v) is 8.93. The zero-order valence-corrected chi connectivity index (χ0v) is 12.6. The molecule has 0 aromatic heterocycles. The fourth-order valence-electron chi connectivity index (χ4n) is 3.12. The molecule has 1 N–H and O–H groups in total. The molecule has 0 radical (unpaired) electrons. The van der Waals surface area contributed by atoms with Crippen molar-refractivity contribution in [3.63, 3.8) is 0 Å². The zero-order valence-electron chi connectivity index (χ0n) is 11.8.